The molecule has 0 bridgehead atoms. The molecule has 1 aliphatic rings. The highest BCUT2D eigenvalue weighted by atomic mass is 19.4. The molecule has 1 aromatic heterocycles. The van der Waals surface area contributed by atoms with Crippen LogP contribution < -0.4 is 10.2 Å². The summed E-state index contributed by atoms with van der Waals surface area (Å²) in [4.78, 5) is 14.8. The van der Waals surface area contributed by atoms with E-state index in [1.54, 1.807) is 6.92 Å². The smallest absolute Gasteiger partial charge is 0.419 e. The van der Waals surface area contributed by atoms with Crippen molar-refractivity contribution < 1.29 is 36.2 Å². The number of hydrogen-bond acceptors (Lipinski definition) is 4. The van der Waals surface area contributed by atoms with Crippen molar-refractivity contribution in [2.45, 2.75) is 43.8 Å². The number of aryl methyl sites for hydroxylation is 1. The number of aromatic amines is 1. The molecule has 4 atom stereocenters. The molecule has 0 spiro atoms. The number of aromatic nitrogens is 1. The zero-order valence-electron chi connectivity index (χ0n) is 16.6. The van der Waals surface area contributed by atoms with Crippen LogP contribution in [0, 0.1) is 18.6 Å². The van der Waals surface area contributed by atoms with E-state index in [2.05, 4.69) is 4.98 Å². The van der Waals surface area contributed by atoms with Gasteiger partial charge in [-0.15, -0.1) is 0 Å². The number of pyridine rings is 1. The van der Waals surface area contributed by atoms with Gasteiger partial charge in [-0.2, -0.15) is 17.6 Å². The van der Waals surface area contributed by atoms with Crippen LogP contribution in [-0.2, 0) is 9.47 Å². The van der Waals surface area contributed by atoms with Crippen molar-refractivity contribution in [1.82, 2.24) is 4.98 Å². The van der Waals surface area contributed by atoms with Gasteiger partial charge in [-0.05, 0) is 19.9 Å². The second-order valence-corrected chi connectivity index (χ2v) is 7.26. The number of benzene rings is 1. The Bertz CT molecular complexity index is 1010. The molecule has 1 aromatic carbocycles. The Morgan fingerprint density at radius 3 is 2.37 bits per heavy atom. The molecule has 0 radical (unpaired) electrons. The molecule has 1 saturated heterocycles. The summed E-state index contributed by atoms with van der Waals surface area (Å²) in [7, 11) is 2.14. The first-order chi connectivity index (χ1) is 13.9. The molecule has 0 aliphatic carbocycles. The second kappa shape index (κ2) is 7.66. The summed E-state index contributed by atoms with van der Waals surface area (Å²) in [5.41, 5.74) is -2.88. The van der Waals surface area contributed by atoms with Crippen LogP contribution >= 0.6 is 0 Å². The standard InChI is InChI=1S/C20H20F5NO4/c1-9-7-10(27)8-13(26-9)17-14(11-5-6-12(21)15(22)16(11)28-3)18(29-4)19(2,30-17)20(23,24)25/h5-8,14,17-18H,1-4H3,(H,26,27)/t14-,17-,18-,19+/m0/s1. The van der Waals surface area contributed by atoms with Crippen molar-refractivity contribution in [3.8, 4) is 5.75 Å². The Hall–Kier alpha value is -2.46. The Labute approximate surface area is 168 Å². The summed E-state index contributed by atoms with van der Waals surface area (Å²) >= 11 is 0. The van der Waals surface area contributed by atoms with E-state index in [1.165, 1.54) is 6.07 Å². The largest absolute Gasteiger partial charge is 0.493 e. The summed E-state index contributed by atoms with van der Waals surface area (Å²) in [5, 5.41) is 0. The molecule has 2 heterocycles. The van der Waals surface area contributed by atoms with Gasteiger partial charge in [0.1, 0.15) is 12.2 Å². The van der Waals surface area contributed by atoms with Crippen LogP contribution in [0.3, 0.4) is 0 Å². The van der Waals surface area contributed by atoms with Crippen LogP contribution in [0.25, 0.3) is 0 Å². The first kappa shape index (κ1) is 22.2. The maximum absolute atomic E-state index is 14.4. The lowest BCUT2D eigenvalue weighted by Gasteiger charge is -2.33. The molecule has 2 aromatic rings. The molecule has 1 aliphatic heterocycles. The van der Waals surface area contributed by atoms with E-state index in [0.29, 0.717) is 5.69 Å². The van der Waals surface area contributed by atoms with Crippen molar-refractivity contribution in [2.24, 2.45) is 0 Å². The van der Waals surface area contributed by atoms with Crippen LogP contribution in [0.4, 0.5) is 22.0 Å². The van der Waals surface area contributed by atoms with Crippen LogP contribution in [-0.4, -0.2) is 37.1 Å². The normalized spacial score (nSPS) is 26.8. The first-order valence-corrected chi connectivity index (χ1v) is 8.94. The molecule has 1 N–H and O–H groups in total. The highest BCUT2D eigenvalue weighted by molar-refractivity contribution is 5.42. The van der Waals surface area contributed by atoms with Crippen LogP contribution in [0.2, 0.25) is 0 Å². The molecular weight excluding hydrogens is 413 g/mol. The average Bonchev–Trinajstić information content (AvgIpc) is 2.96. The van der Waals surface area contributed by atoms with Crippen molar-refractivity contribution in [2.75, 3.05) is 14.2 Å². The zero-order valence-corrected chi connectivity index (χ0v) is 16.6. The molecular formula is C20H20F5NO4. The van der Waals surface area contributed by atoms with Crippen molar-refractivity contribution in [3.63, 3.8) is 0 Å². The number of rotatable bonds is 4. The minimum Gasteiger partial charge on any atom is -0.493 e. The SMILES string of the molecule is COc1c([C@H]2[C@H](c3cc(=O)cc(C)[nH]3)O[C@@](C)(C(F)(F)F)[C@H]2OC)ccc(F)c1F. The fourth-order valence-corrected chi connectivity index (χ4v) is 3.97. The third-order valence-corrected chi connectivity index (χ3v) is 5.33. The minimum atomic E-state index is -4.86. The highest BCUT2D eigenvalue weighted by Gasteiger charge is 2.67. The van der Waals surface area contributed by atoms with Gasteiger partial charge >= 0.3 is 6.18 Å². The van der Waals surface area contributed by atoms with Gasteiger partial charge in [0.2, 0.25) is 5.82 Å². The molecule has 10 heteroatoms. The Morgan fingerprint density at radius 2 is 1.83 bits per heavy atom. The van der Waals surface area contributed by atoms with Gasteiger partial charge in [0.25, 0.3) is 0 Å². The monoisotopic (exact) mass is 433 g/mol. The van der Waals surface area contributed by atoms with Gasteiger partial charge < -0.3 is 19.2 Å². The van der Waals surface area contributed by atoms with Gasteiger partial charge in [-0.25, -0.2) is 4.39 Å². The van der Waals surface area contributed by atoms with E-state index < -0.39 is 52.7 Å². The lowest BCUT2D eigenvalue weighted by molar-refractivity contribution is -0.286. The molecule has 1 fully saturated rings. The van der Waals surface area contributed by atoms with E-state index in [9.17, 15) is 26.7 Å². The topological polar surface area (TPSA) is 60.6 Å². The first-order valence-electron chi connectivity index (χ1n) is 8.94. The molecule has 5 nitrogen and oxygen atoms in total. The summed E-state index contributed by atoms with van der Waals surface area (Å²) < 4.78 is 85.7. The maximum atomic E-state index is 14.4. The number of nitrogens with one attached hydrogen (secondary N) is 1. The van der Waals surface area contributed by atoms with E-state index in [0.717, 1.165) is 39.3 Å². The summed E-state index contributed by atoms with van der Waals surface area (Å²) in [6.07, 6.45) is -7.89. The van der Waals surface area contributed by atoms with Crippen LogP contribution in [0.1, 0.15) is 35.9 Å². The minimum absolute atomic E-state index is 0.0480. The summed E-state index contributed by atoms with van der Waals surface area (Å²) in [5.74, 6) is -4.40. The number of halogens is 5. The fraction of sp³-hybridized carbons (Fsp3) is 0.450. The Balaban J connectivity index is 2.29. The van der Waals surface area contributed by atoms with Crippen molar-refractivity contribution in [3.05, 3.63) is 63.1 Å². The molecule has 0 unspecified atom stereocenters. The molecule has 0 saturated carbocycles. The molecule has 30 heavy (non-hydrogen) atoms. The average molecular weight is 433 g/mol. The number of H-pyrrole nitrogens is 1. The van der Waals surface area contributed by atoms with Crippen LogP contribution in [0.5, 0.6) is 5.75 Å². The second-order valence-electron chi connectivity index (χ2n) is 7.26. The Morgan fingerprint density at radius 1 is 1.17 bits per heavy atom. The molecule has 3 rings (SSSR count). The van der Waals surface area contributed by atoms with Crippen molar-refractivity contribution >= 4 is 0 Å². The Kier molecular flexibility index (Phi) is 5.68. The third kappa shape index (κ3) is 3.47. The van der Waals surface area contributed by atoms with Gasteiger partial charge in [0.05, 0.1) is 7.11 Å². The third-order valence-electron chi connectivity index (χ3n) is 5.33. The van der Waals surface area contributed by atoms with Gasteiger partial charge in [-0.1, -0.05) is 6.07 Å². The van der Waals surface area contributed by atoms with Gasteiger partial charge in [-0.3, -0.25) is 4.79 Å². The van der Waals surface area contributed by atoms with E-state index in [4.69, 9.17) is 14.2 Å². The van der Waals surface area contributed by atoms with E-state index in [1.807, 2.05) is 0 Å². The highest BCUT2D eigenvalue weighted by Crippen LogP contribution is 2.57. The van der Waals surface area contributed by atoms with E-state index in [-0.39, 0.29) is 11.3 Å². The predicted octanol–water partition coefficient (Wildman–Crippen LogP) is 4.16. The maximum Gasteiger partial charge on any atom is 0.419 e. The number of ether oxygens (including phenoxy) is 3. The summed E-state index contributed by atoms with van der Waals surface area (Å²) in [6.45, 7) is 2.37. The van der Waals surface area contributed by atoms with Crippen LogP contribution in [0.15, 0.2) is 29.1 Å². The predicted molar refractivity (Wildman–Crippen MR) is 96.5 cm³/mol. The lowest BCUT2D eigenvalue weighted by Crippen LogP contribution is -2.51. The van der Waals surface area contributed by atoms with Gasteiger partial charge in [0.15, 0.2) is 22.6 Å². The van der Waals surface area contributed by atoms with E-state index >= 15 is 0 Å². The zero-order chi connectivity index (χ0) is 22.4. The van der Waals surface area contributed by atoms with Crippen molar-refractivity contribution in [1.29, 1.82) is 0 Å². The number of alkyl halides is 3. The fourth-order valence-electron chi connectivity index (χ4n) is 3.97. The molecule has 164 valence electrons. The van der Waals surface area contributed by atoms with Gasteiger partial charge in [0, 0.05) is 42.1 Å². The summed E-state index contributed by atoms with van der Waals surface area (Å²) in [6, 6.07) is 4.29. The number of methoxy groups -OCH3 is 2. The quantitative estimate of drug-likeness (QED) is 0.736. The molecule has 0 amide bonds. The number of hydrogen-bond donors (Lipinski definition) is 1. The lowest BCUT2D eigenvalue weighted by atomic mass is 9.82.